The van der Waals surface area contributed by atoms with Crippen LogP contribution in [-0.4, -0.2) is 17.0 Å². The molecule has 0 unspecified atom stereocenters. The summed E-state index contributed by atoms with van der Waals surface area (Å²) in [6.07, 6.45) is 2.33. The molecule has 0 bridgehead atoms. The predicted octanol–water partition coefficient (Wildman–Crippen LogP) is 3.46. The van der Waals surface area contributed by atoms with E-state index in [9.17, 15) is 0 Å². The Hall–Kier alpha value is -2.13. The van der Waals surface area contributed by atoms with Crippen molar-refractivity contribution in [2.75, 3.05) is 17.7 Å². The molecule has 6 heteroatoms. The third kappa shape index (κ3) is 2.89. The SMILES string of the molecule is CCc1c(NC)ncnc1Nc1ccc(C#N)cc1Br. The van der Waals surface area contributed by atoms with Crippen molar-refractivity contribution >= 4 is 33.3 Å². The number of rotatable bonds is 4. The summed E-state index contributed by atoms with van der Waals surface area (Å²) in [5.41, 5.74) is 2.49. The van der Waals surface area contributed by atoms with Gasteiger partial charge in [-0.2, -0.15) is 5.26 Å². The molecule has 1 heterocycles. The van der Waals surface area contributed by atoms with Gasteiger partial charge in [0.25, 0.3) is 0 Å². The van der Waals surface area contributed by atoms with Gasteiger partial charge in [0.1, 0.15) is 18.0 Å². The molecule has 0 spiro atoms. The molecular formula is C14H14BrN5. The average molecular weight is 332 g/mol. The summed E-state index contributed by atoms with van der Waals surface area (Å²) in [6, 6.07) is 7.49. The molecule has 0 saturated carbocycles. The number of nitrogens with zero attached hydrogens (tertiary/aromatic N) is 3. The van der Waals surface area contributed by atoms with E-state index in [2.05, 4.69) is 49.5 Å². The van der Waals surface area contributed by atoms with E-state index >= 15 is 0 Å². The molecule has 0 amide bonds. The van der Waals surface area contributed by atoms with Gasteiger partial charge in [0.15, 0.2) is 0 Å². The van der Waals surface area contributed by atoms with Gasteiger partial charge in [-0.1, -0.05) is 6.92 Å². The molecule has 1 aromatic carbocycles. The number of hydrogen-bond donors (Lipinski definition) is 2. The monoisotopic (exact) mass is 331 g/mol. The fraction of sp³-hybridized carbons (Fsp3) is 0.214. The summed E-state index contributed by atoms with van der Waals surface area (Å²) in [5, 5.41) is 15.2. The quantitative estimate of drug-likeness (QED) is 0.897. The van der Waals surface area contributed by atoms with Gasteiger partial charge in [-0.25, -0.2) is 9.97 Å². The van der Waals surface area contributed by atoms with Crippen LogP contribution in [0.2, 0.25) is 0 Å². The van der Waals surface area contributed by atoms with Crippen LogP contribution >= 0.6 is 15.9 Å². The summed E-state index contributed by atoms with van der Waals surface area (Å²) in [4.78, 5) is 8.49. The largest absolute Gasteiger partial charge is 0.373 e. The molecule has 102 valence electrons. The predicted molar refractivity (Wildman–Crippen MR) is 83.1 cm³/mol. The van der Waals surface area contributed by atoms with E-state index in [1.807, 2.05) is 13.1 Å². The zero-order chi connectivity index (χ0) is 14.5. The molecule has 5 nitrogen and oxygen atoms in total. The van der Waals surface area contributed by atoms with Gasteiger partial charge >= 0.3 is 0 Å². The number of aromatic nitrogens is 2. The van der Waals surface area contributed by atoms with Crippen molar-refractivity contribution in [1.82, 2.24) is 9.97 Å². The second-order valence-electron chi connectivity index (χ2n) is 4.08. The molecule has 0 saturated heterocycles. The van der Waals surface area contributed by atoms with Gasteiger partial charge < -0.3 is 10.6 Å². The highest BCUT2D eigenvalue weighted by molar-refractivity contribution is 9.10. The van der Waals surface area contributed by atoms with E-state index in [0.29, 0.717) is 5.56 Å². The van der Waals surface area contributed by atoms with Crippen molar-refractivity contribution in [2.24, 2.45) is 0 Å². The number of benzene rings is 1. The lowest BCUT2D eigenvalue weighted by Gasteiger charge is -2.13. The maximum absolute atomic E-state index is 8.87. The van der Waals surface area contributed by atoms with Crippen molar-refractivity contribution in [3.63, 3.8) is 0 Å². The van der Waals surface area contributed by atoms with Gasteiger partial charge in [0.2, 0.25) is 0 Å². The van der Waals surface area contributed by atoms with Crippen LogP contribution in [0.15, 0.2) is 29.0 Å². The molecule has 0 radical (unpaired) electrons. The Morgan fingerprint density at radius 3 is 2.65 bits per heavy atom. The van der Waals surface area contributed by atoms with Crippen LogP contribution in [0.4, 0.5) is 17.3 Å². The van der Waals surface area contributed by atoms with E-state index in [-0.39, 0.29) is 0 Å². The highest BCUT2D eigenvalue weighted by Crippen LogP contribution is 2.29. The summed E-state index contributed by atoms with van der Waals surface area (Å²) in [6.45, 7) is 2.05. The number of hydrogen-bond acceptors (Lipinski definition) is 5. The molecule has 20 heavy (non-hydrogen) atoms. The van der Waals surface area contributed by atoms with Crippen LogP contribution in [-0.2, 0) is 6.42 Å². The lowest BCUT2D eigenvalue weighted by molar-refractivity contribution is 1.05. The number of halogens is 1. The van der Waals surface area contributed by atoms with Gasteiger partial charge in [0, 0.05) is 17.1 Å². The third-order valence-electron chi connectivity index (χ3n) is 2.89. The van der Waals surface area contributed by atoms with Crippen LogP contribution in [0.3, 0.4) is 0 Å². The molecule has 0 atom stereocenters. The van der Waals surface area contributed by atoms with E-state index in [4.69, 9.17) is 5.26 Å². The summed E-state index contributed by atoms with van der Waals surface area (Å²) >= 11 is 3.45. The Morgan fingerprint density at radius 1 is 1.30 bits per heavy atom. The minimum atomic E-state index is 0.608. The Bertz CT molecular complexity index is 663. The van der Waals surface area contributed by atoms with Gasteiger partial charge in [-0.3, -0.25) is 0 Å². The fourth-order valence-corrected chi connectivity index (χ4v) is 2.36. The zero-order valence-electron chi connectivity index (χ0n) is 11.2. The van der Waals surface area contributed by atoms with Crippen LogP contribution in [0.25, 0.3) is 0 Å². The standard InChI is InChI=1S/C14H14BrN5/c1-3-10-13(17-2)18-8-19-14(10)20-12-5-4-9(7-16)6-11(12)15/h4-6,8H,3H2,1-2H3,(H2,17,18,19,20). The number of anilines is 3. The highest BCUT2D eigenvalue weighted by Gasteiger charge is 2.10. The van der Waals surface area contributed by atoms with Crippen molar-refractivity contribution in [3.05, 3.63) is 40.1 Å². The first-order chi connectivity index (χ1) is 9.69. The Morgan fingerprint density at radius 2 is 2.05 bits per heavy atom. The highest BCUT2D eigenvalue weighted by atomic mass is 79.9. The molecule has 0 aliphatic carbocycles. The van der Waals surface area contributed by atoms with E-state index in [1.165, 1.54) is 6.33 Å². The first-order valence-electron chi connectivity index (χ1n) is 6.17. The lowest BCUT2D eigenvalue weighted by atomic mass is 10.2. The number of nitrogens with one attached hydrogen (secondary N) is 2. The topological polar surface area (TPSA) is 73.6 Å². The maximum Gasteiger partial charge on any atom is 0.139 e. The Labute approximate surface area is 126 Å². The molecule has 0 fully saturated rings. The van der Waals surface area contributed by atoms with Gasteiger partial charge in [-0.15, -0.1) is 0 Å². The lowest BCUT2D eigenvalue weighted by Crippen LogP contribution is -2.05. The minimum absolute atomic E-state index is 0.608. The first-order valence-corrected chi connectivity index (χ1v) is 6.97. The van der Waals surface area contributed by atoms with E-state index < -0.39 is 0 Å². The molecular weight excluding hydrogens is 318 g/mol. The van der Waals surface area contributed by atoms with Gasteiger partial charge in [0.05, 0.1) is 17.3 Å². The van der Waals surface area contributed by atoms with Crippen molar-refractivity contribution < 1.29 is 0 Å². The molecule has 2 rings (SSSR count). The Kier molecular flexibility index (Phi) is 4.53. The molecule has 2 aromatic rings. The molecule has 2 N–H and O–H groups in total. The van der Waals surface area contributed by atoms with Crippen LogP contribution in [0, 0.1) is 11.3 Å². The first kappa shape index (κ1) is 14.3. The van der Waals surface area contributed by atoms with Crippen molar-refractivity contribution in [2.45, 2.75) is 13.3 Å². The second-order valence-corrected chi connectivity index (χ2v) is 4.94. The van der Waals surface area contributed by atoms with Crippen molar-refractivity contribution in [1.29, 1.82) is 5.26 Å². The Balaban J connectivity index is 2.38. The fourth-order valence-electron chi connectivity index (χ4n) is 1.88. The van der Waals surface area contributed by atoms with Crippen LogP contribution in [0.5, 0.6) is 0 Å². The maximum atomic E-state index is 8.87. The van der Waals surface area contributed by atoms with Crippen LogP contribution in [0.1, 0.15) is 18.1 Å². The van der Waals surface area contributed by atoms with Crippen molar-refractivity contribution in [3.8, 4) is 6.07 Å². The average Bonchev–Trinajstić information content (AvgIpc) is 2.48. The van der Waals surface area contributed by atoms with Crippen LogP contribution < -0.4 is 10.6 Å². The second kappa shape index (κ2) is 6.35. The normalized spacial score (nSPS) is 9.90. The molecule has 0 aliphatic rings. The number of nitriles is 1. The molecule has 0 aliphatic heterocycles. The minimum Gasteiger partial charge on any atom is -0.373 e. The zero-order valence-corrected chi connectivity index (χ0v) is 12.8. The summed E-state index contributed by atoms with van der Waals surface area (Å²) in [5.74, 6) is 1.58. The third-order valence-corrected chi connectivity index (χ3v) is 3.54. The summed E-state index contributed by atoms with van der Waals surface area (Å²) in [7, 11) is 1.84. The summed E-state index contributed by atoms with van der Waals surface area (Å²) < 4.78 is 0.822. The molecule has 1 aromatic heterocycles. The smallest absolute Gasteiger partial charge is 0.139 e. The van der Waals surface area contributed by atoms with Gasteiger partial charge in [-0.05, 0) is 40.5 Å². The van der Waals surface area contributed by atoms with E-state index in [0.717, 1.165) is 33.8 Å². The van der Waals surface area contributed by atoms with E-state index in [1.54, 1.807) is 12.1 Å².